The van der Waals surface area contributed by atoms with E-state index in [1.807, 2.05) is 24.4 Å². The highest BCUT2D eigenvalue weighted by molar-refractivity contribution is 9.18. The standard InChI is InChI=1S/C13H11BrN2OS/c1-8-11(17-16-12(8)14)10-7-15-13(18-10)9-5-3-2-4-6-9/h2-8,11H,1H3/t8-,11+/m1/s1. The lowest BCUT2D eigenvalue weighted by Crippen LogP contribution is -2.07. The predicted octanol–water partition coefficient (Wildman–Crippen LogP) is 4.23. The van der Waals surface area contributed by atoms with Crippen molar-refractivity contribution >= 4 is 31.9 Å². The normalized spacial score (nSPS) is 22.7. The molecule has 0 fully saturated rings. The first kappa shape index (κ1) is 11.9. The van der Waals surface area contributed by atoms with Gasteiger partial charge >= 0.3 is 0 Å². The van der Waals surface area contributed by atoms with E-state index < -0.39 is 0 Å². The molecule has 0 bridgehead atoms. The fourth-order valence-corrected chi connectivity index (χ4v) is 3.21. The minimum Gasteiger partial charge on any atom is -0.385 e. The average Bonchev–Trinajstić information content (AvgIpc) is 3.00. The Morgan fingerprint density at radius 2 is 2.06 bits per heavy atom. The van der Waals surface area contributed by atoms with Gasteiger partial charge in [-0.15, -0.1) is 11.3 Å². The molecule has 1 aromatic carbocycles. The van der Waals surface area contributed by atoms with Crippen molar-refractivity contribution in [1.82, 2.24) is 4.98 Å². The molecule has 0 spiro atoms. The van der Waals surface area contributed by atoms with Crippen LogP contribution in [-0.2, 0) is 4.84 Å². The van der Waals surface area contributed by atoms with E-state index in [1.54, 1.807) is 11.3 Å². The van der Waals surface area contributed by atoms with Gasteiger partial charge in [0.15, 0.2) is 6.10 Å². The van der Waals surface area contributed by atoms with Crippen molar-refractivity contribution in [3.63, 3.8) is 0 Å². The fourth-order valence-electron chi connectivity index (χ4n) is 1.84. The second kappa shape index (κ2) is 4.82. The molecule has 0 saturated heterocycles. The Labute approximate surface area is 118 Å². The van der Waals surface area contributed by atoms with E-state index in [4.69, 9.17) is 4.84 Å². The highest BCUT2D eigenvalue weighted by atomic mass is 79.9. The zero-order valence-corrected chi connectivity index (χ0v) is 12.1. The Hall–Kier alpha value is -1.20. The molecule has 2 aromatic rings. The third-order valence-corrected chi connectivity index (χ3v) is 4.88. The maximum atomic E-state index is 5.42. The highest BCUT2D eigenvalue weighted by Crippen LogP contribution is 2.38. The molecule has 3 nitrogen and oxygen atoms in total. The van der Waals surface area contributed by atoms with Crippen LogP contribution >= 0.6 is 27.3 Å². The number of hydrogen-bond acceptors (Lipinski definition) is 4. The Balaban J connectivity index is 1.87. The van der Waals surface area contributed by atoms with Gasteiger partial charge in [-0.05, 0) is 15.9 Å². The van der Waals surface area contributed by atoms with Crippen molar-refractivity contribution in [2.75, 3.05) is 0 Å². The molecule has 0 radical (unpaired) electrons. The summed E-state index contributed by atoms with van der Waals surface area (Å²) in [5.41, 5.74) is 1.14. The van der Waals surface area contributed by atoms with Crippen LogP contribution in [0.1, 0.15) is 17.9 Å². The summed E-state index contributed by atoms with van der Waals surface area (Å²) in [6.45, 7) is 2.09. The van der Waals surface area contributed by atoms with Gasteiger partial charge in [0, 0.05) is 11.8 Å². The highest BCUT2D eigenvalue weighted by Gasteiger charge is 2.32. The van der Waals surface area contributed by atoms with E-state index in [2.05, 4.69) is 45.1 Å². The summed E-state index contributed by atoms with van der Waals surface area (Å²) in [5, 5.41) is 4.99. The van der Waals surface area contributed by atoms with Crippen LogP contribution in [0.3, 0.4) is 0 Å². The molecule has 3 rings (SSSR count). The number of halogens is 1. The number of thiazole rings is 1. The van der Waals surface area contributed by atoms with Crippen molar-refractivity contribution in [1.29, 1.82) is 0 Å². The predicted molar refractivity (Wildman–Crippen MR) is 76.9 cm³/mol. The van der Waals surface area contributed by atoms with E-state index in [0.29, 0.717) is 0 Å². The molecule has 2 atom stereocenters. The summed E-state index contributed by atoms with van der Waals surface area (Å²) < 4.78 is 0.863. The molecule has 0 unspecified atom stereocenters. The van der Waals surface area contributed by atoms with Crippen molar-refractivity contribution in [3.05, 3.63) is 41.4 Å². The quantitative estimate of drug-likeness (QED) is 0.829. The monoisotopic (exact) mass is 322 g/mol. The van der Waals surface area contributed by atoms with Gasteiger partial charge in [-0.3, -0.25) is 0 Å². The van der Waals surface area contributed by atoms with E-state index in [1.165, 1.54) is 0 Å². The third-order valence-electron chi connectivity index (χ3n) is 2.91. The number of hydrogen-bond donors (Lipinski definition) is 0. The maximum Gasteiger partial charge on any atom is 0.171 e. The molecule has 0 amide bonds. The molecule has 0 N–H and O–H groups in total. The SMILES string of the molecule is C[C@H]1C(Br)=NO[C@@H]1c1cnc(-c2ccccc2)s1. The molecule has 2 heterocycles. The lowest BCUT2D eigenvalue weighted by atomic mass is 10.1. The van der Waals surface area contributed by atoms with Crippen LogP contribution in [0.4, 0.5) is 0 Å². The first-order valence-corrected chi connectivity index (χ1v) is 7.27. The number of nitrogens with zero attached hydrogens (tertiary/aromatic N) is 2. The van der Waals surface area contributed by atoms with Gasteiger partial charge in [-0.25, -0.2) is 4.98 Å². The molecule has 1 aromatic heterocycles. The molecule has 0 saturated carbocycles. The smallest absolute Gasteiger partial charge is 0.171 e. The van der Waals surface area contributed by atoms with E-state index in [9.17, 15) is 0 Å². The Morgan fingerprint density at radius 1 is 1.28 bits per heavy atom. The van der Waals surface area contributed by atoms with Crippen molar-refractivity contribution in [3.8, 4) is 10.6 Å². The van der Waals surface area contributed by atoms with Crippen LogP contribution in [0.25, 0.3) is 10.6 Å². The first-order valence-electron chi connectivity index (χ1n) is 5.66. The van der Waals surface area contributed by atoms with Crippen LogP contribution in [0, 0.1) is 5.92 Å². The zero-order chi connectivity index (χ0) is 12.5. The van der Waals surface area contributed by atoms with Gasteiger partial charge in [0.05, 0.1) is 10.8 Å². The molecule has 0 aliphatic carbocycles. The van der Waals surface area contributed by atoms with Gasteiger partial charge < -0.3 is 4.84 Å². The van der Waals surface area contributed by atoms with Crippen LogP contribution in [0.15, 0.2) is 41.7 Å². The van der Waals surface area contributed by atoms with Gasteiger partial charge in [-0.2, -0.15) is 0 Å². The van der Waals surface area contributed by atoms with Crippen molar-refractivity contribution in [2.24, 2.45) is 11.1 Å². The maximum absolute atomic E-state index is 5.42. The summed E-state index contributed by atoms with van der Waals surface area (Å²) in [5.74, 6) is 0.245. The second-order valence-corrected chi connectivity index (χ2v) is 6.04. The molecule has 1 aliphatic rings. The second-order valence-electron chi connectivity index (χ2n) is 4.16. The van der Waals surface area contributed by atoms with Gasteiger partial charge in [0.1, 0.15) is 9.63 Å². The van der Waals surface area contributed by atoms with E-state index in [-0.39, 0.29) is 12.0 Å². The van der Waals surface area contributed by atoms with Crippen molar-refractivity contribution < 1.29 is 4.84 Å². The first-order chi connectivity index (χ1) is 8.75. The van der Waals surface area contributed by atoms with E-state index in [0.717, 1.165) is 20.1 Å². The number of rotatable bonds is 2. The summed E-state index contributed by atoms with van der Waals surface area (Å²) >= 11 is 5.06. The summed E-state index contributed by atoms with van der Waals surface area (Å²) in [6.07, 6.45) is 1.87. The lowest BCUT2D eigenvalue weighted by Gasteiger charge is -2.09. The third kappa shape index (κ3) is 2.08. The average molecular weight is 323 g/mol. The number of aromatic nitrogens is 1. The Bertz CT molecular complexity index is 582. The van der Waals surface area contributed by atoms with Crippen LogP contribution in [0.5, 0.6) is 0 Å². The molecular weight excluding hydrogens is 312 g/mol. The molecule has 18 heavy (non-hydrogen) atoms. The van der Waals surface area contributed by atoms with E-state index >= 15 is 0 Å². The Kier molecular flexibility index (Phi) is 3.18. The molecular formula is C13H11BrN2OS. The van der Waals surface area contributed by atoms with Crippen LogP contribution in [0.2, 0.25) is 0 Å². The lowest BCUT2D eigenvalue weighted by molar-refractivity contribution is 0.0678. The summed E-state index contributed by atoms with van der Waals surface area (Å²) in [6, 6.07) is 10.2. The molecule has 1 aliphatic heterocycles. The minimum atomic E-state index is -0.0191. The summed E-state index contributed by atoms with van der Waals surface area (Å²) in [4.78, 5) is 11.0. The van der Waals surface area contributed by atoms with Gasteiger partial charge in [0.25, 0.3) is 0 Å². The molecule has 92 valence electrons. The van der Waals surface area contributed by atoms with Crippen LogP contribution in [-0.4, -0.2) is 9.60 Å². The van der Waals surface area contributed by atoms with Gasteiger partial charge in [0.2, 0.25) is 0 Å². The number of oxime groups is 1. The van der Waals surface area contributed by atoms with Gasteiger partial charge in [-0.1, -0.05) is 42.4 Å². The summed E-state index contributed by atoms with van der Waals surface area (Å²) in [7, 11) is 0. The van der Waals surface area contributed by atoms with Crippen molar-refractivity contribution in [2.45, 2.75) is 13.0 Å². The zero-order valence-electron chi connectivity index (χ0n) is 9.71. The largest absolute Gasteiger partial charge is 0.385 e. The van der Waals surface area contributed by atoms with Crippen LogP contribution < -0.4 is 0 Å². The number of benzene rings is 1. The fraction of sp³-hybridized carbons (Fsp3) is 0.231. The molecule has 5 heteroatoms. The minimum absolute atomic E-state index is 0.0191. The Morgan fingerprint density at radius 3 is 2.72 bits per heavy atom. The topological polar surface area (TPSA) is 34.5 Å².